The highest BCUT2D eigenvalue weighted by molar-refractivity contribution is 14.1. The van der Waals surface area contributed by atoms with Gasteiger partial charge in [-0.2, -0.15) is 4.98 Å². The quantitative estimate of drug-likeness (QED) is 0.574. The van der Waals surface area contributed by atoms with E-state index >= 15 is 0 Å². The summed E-state index contributed by atoms with van der Waals surface area (Å²) in [4.78, 5) is 13.4. The van der Waals surface area contributed by atoms with E-state index in [2.05, 4.69) is 68.1 Å². The van der Waals surface area contributed by atoms with Gasteiger partial charge in [0.15, 0.2) is 0 Å². The number of halogens is 1. The minimum atomic E-state index is 0.249. The number of hydrogen-bond acceptors (Lipinski definition) is 5. The number of hydrogen-bond donors (Lipinski definition) is 2. The summed E-state index contributed by atoms with van der Waals surface area (Å²) in [7, 11) is 0. The molecule has 6 heteroatoms. The first-order valence-electron chi connectivity index (χ1n) is 7.69. The third-order valence-electron chi connectivity index (χ3n) is 3.24. The highest BCUT2D eigenvalue weighted by atomic mass is 127. The Morgan fingerprint density at radius 3 is 2.58 bits per heavy atom. The smallest absolute Gasteiger partial charge is 0.225 e. The van der Waals surface area contributed by atoms with E-state index in [9.17, 15) is 0 Å². The van der Waals surface area contributed by atoms with Gasteiger partial charge in [0.2, 0.25) is 5.95 Å². The van der Waals surface area contributed by atoms with Crippen LogP contribution in [-0.2, 0) is 0 Å². The molecule has 3 aromatic rings. The van der Waals surface area contributed by atoms with Crippen molar-refractivity contribution in [3.8, 4) is 11.3 Å². The molecule has 0 aliphatic rings. The van der Waals surface area contributed by atoms with Crippen molar-refractivity contribution in [2.45, 2.75) is 19.9 Å². The summed E-state index contributed by atoms with van der Waals surface area (Å²) in [6, 6.07) is 14.2. The number of nitrogens with zero attached hydrogens (tertiary/aromatic N) is 3. The lowest BCUT2D eigenvalue weighted by Crippen LogP contribution is -2.13. The average molecular weight is 431 g/mol. The Hall–Kier alpha value is -2.22. The van der Waals surface area contributed by atoms with E-state index in [1.807, 2.05) is 36.4 Å². The van der Waals surface area contributed by atoms with E-state index in [0.29, 0.717) is 5.95 Å². The van der Waals surface area contributed by atoms with Gasteiger partial charge in [-0.25, -0.2) is 4.98 Å². The van der Waals surface area contributed by atoms with Gasteiger partial charge >= 0.3 is 0 Å². The van der Waals surface area contributed by atoms with Crippen LogP contribution in [0.25, 0.3) is 11.3 Å². The monoisotopic (exact) mass is 431 g/mol. The van der Waals surface area contributed by atoms with Gasteiger partial charge in [0.25, 0.3) is 0 Å². The standard InChI is InChI=1S/C18H18IN5/c1-12(2)21-18-23-16(13-6-5-9-20-11-13)10-17(24-18)22-15-8-4-3-7-14(15)19/h3-12H,1-2H3,(H2,21,22,23,24). The summed E-state index contributed by atoms with van der Waals surface area (Å²) in [5, 5.41) is 6.65. The fraction of sp³-hybridized carbons (Fsp3) is 0.167. The topological polar surface area (TPSA) is 62.7 Å². The molecule has 0 fully saturated rings. The van der Waals surface area contributed by atoms with Crippen LogP contribution in [0.3, 0.4) is 0 Å². The number of rotatable bonds is 5. The molecule has 122 valence electrons. The molecule has 3 rings (SSSR count). The average Bonchev–Trinajstić information content (AvgIpc) is 2.57. The zero-order chi connectivity index (χ0) is 16.9. The first-order valence-corrected chi connectivity index (χ1v) is 8.77. The molecule has 24 heavy (non-hydrogen) atoms. The minimum absolute atomic E-state index is 0.249. The molecule has 0 aliphatic heterocycles. The van der Waals surface area contributed by atoms with Crippen LogP contribution in [0.4, 0.5) is 17.5 Å². The fourth-order valence-corrected chi connectivity index (χ4v) is 2.72. The molecule has 0 saturated heterocycles. The SMILES string of the molecule is CC(C)Nc1nc(Nc2ccccc2I)cc(-c2cccnc2)n1. The Balaban J connectivity index is 2.00. The third kappa shape index (κ3) is 4.19. The maximum absolute atomic E-state index is 4.60. The maximum atomic E-state index is 4.60. The molecule has 2 heterocycles. The highest BCUT2D eigenvalue weighted by Gasteiger charge is 2.09. The summed E-state index contributed by atoms with van der Waals surface area (Å²) >= 11 is 2.30. The zero-order valence-electron chi connectivity index (χ0n) is 13.5. The van der Waals surface area contributed by atoms with Gasteiger partial charge in [-0.05, 0) is 60.7 Å². The molecule has 2 N–H and O–H groups in total. The lowest BCUT2D eigenvalue weighted by atomic mass is 10.2. The Bertz CT molecular complexity index is 821. The predicted octanol–water partition coefficient (Wildman–Crippen LogP) is 4.71. The first-order chi connectivity index (χ1) is 11.6. The summed E-state index contributed by atoms with van der Waals surface area (Å²) in [5.41, 5.74) is 2.80. The van der Waals surface area contributed by atoms with Crippen molar-refractivity contribution in [3.05, 3.63) is 58.4 Å². The molecule has 2 aromatic heterocycles. The molecule has 0 saturated carbocycles. The molecular formula is C18H18IN5. The van der Waals surface area contributed by atoms with Crippen LogP contribution in [0, 0.1) is 3.57 Å². The van der Waals surface area contributed by atoms with Crippen molar-refractivity contribution >= 4 is 40.0 Å². The van der Waals surface area contributed by atoms with Crippen LogP contribution in [0.1, 0.15) is 13.8 Å². The van der Waals surface area contributed by atoms with Crippen LogP contribution in [0.15, 0.2) is 54.9 Å². The predicted molar refractivity (Wildman–Crippen MR) is 106 cm³/mol. The van der Waals surface area contributed by atoms with Crippen LogP contribution in [-0.4, -0.2) is 21.0 Å². The minimum Gasteiger partial charge on any atom is -0.352 e. The number of anilines is 3. The third-order valence-corrected chi connectivity index (χ3v) is 4.18. The van der Waals surface area contributed by atoms with Gasteiger partial charge in [-0.1, -0.05) is 12.1 Å². The van der Waals surface area contributed by atoms with Gasteiger partial charge in [-0.15, -0.1) is 0 Å². The highest BCUT2D eigenvalue weighted by Crippen LogP contribution is 2.25. The van der Waals surface area contributed by atoms with Crippen molar-refractivity contribution in [3.63, 3.8) is 0 Å². The lowest BCUT2D eigenvalue weighted by molar-refractivity contribution is 0.876. The largest absolute Gasteiger partial charge is 0.352 e. The van der Waals surface area contributed by atoms with Crippen molar-refractivity contribution in [2.75, 3.05) is 10.6 Å². The molecule has 0 spiro atoms. The van der Waals surface area contributed by atoms with Gasteiger partial charge in [0.05, 0.1) is 11.4 Å². The summed E-state index contributed by atoms with van der Waals surface area (Å²) in [6.45, 7) is 4.13. The van der Waals surface area contributed by atoms with Gasteiger partial charge in [0.1, 0.15) is 5.82 Å². The van der Waals surface area contributed by atoms with Crippen LogP contribution in [0.2, 0.25) is 0 Å². The van der Waals surface area contributed by atoms with E-state index in [-0.39, 0.29) is 6.04 Å². The molecule has 0 aliphatic carbocycles. The van der Waals surface area contributed by atoms with Crippen LogP contribution >= 0.6 is 22.6 Å². The number of nitrogens with one attached hydrogen (secondary N) is 2. The zero-order valence-corrected chi connectivity index (χ0v) is 15.7. The summed E-state index contributed by atoms with van der Waals surface area (Å²) < 4.78 is 1.13. The molecule has 0 bridgehead atoms. The van der Waals surface area contributed by atoms with Gasteiger partial charge in [0, 0.05) is 33.6 Å². The second-order valence-corrected chi connectivity index (χ2v) is 6.77. The fourth-order valence-electron chi connectivity index (χ4n) is 2.20. The molecule has 0 atom stereocenters. The number of para-hydroxylation sites is 1. The second kappa shape index (κ2) is 7.57. The van der Waals surface area contributed by atoms with Crippen LogP contribution < -0.4 is 10.6 Å². The maximum Gasteiger partial charge on any atom is 0.225 e. The number of benzene rings is 1. The molecule has 0 amide bonds. The van der Waals surface area contributed by atoms with E-state index in [1.54, 1.807) is 12.4 Å². The first kappa shape index (κ1) is 16.6. The Labute approximate surface area is 155 Å². The van der Waals surface area contributed by atoms with Gasteiger partial charge in [-0.3, -0.25) is 4.98 Å². The second-order valence-electron chi connectivity index (χ2n) is 5.61. The molecule has 0 unspecified atom stereocenters. The van der Waals surface area contributed by atoms with Crippen molar-refractivity contribution in [1.82, 2.24) is 15.0 Å². The lowest BCUT2D eigenvalue weighted by Gasteiger charge is -2.13. The summed E-state index contributed by atoms with van der Waals surface area (Å²) in [5.74, 6) is 1.34. The Kier molecular flexibility index (Phi) is 5.24. The van der Waals surface area contributed by atoms with E-state index in [4.69, 9.17) is 0 Å². The van der Waals surface area contributed by atoms with Crippen LogP contribution in [0.5, 0.6) is 0 Å². The Morgan fingerprint density at radius 1 is 1.04 bits per heavy atom. The molecule has 5 nitrogen and oxygen atoms in total. The van der Waals surface area contributed by atoms with Crippen molar-refractivity contribution < 1.29 is 0 Å². The summed E-state index contributed by atoms with van der Waals surface area (Å²) in [6.07, 6.45) is 3.56. The number of pyridine rings is 1. The molecular weight excluding hydrogens is 413 g/mol. The van der Waals surface area contributed by atoms with Crippen molar-refractivity contribution in [1.29, 1.82) is 0 Å². The molecule has 0 radical (unpaired) electrons. The number of aromatic nitrogens is 3. The molecule has 1 aromatic carbocycles. The van der Waals surface area contributed by atoms with E-state index in [1.165, 1.54) is 0 Å². The van der Waals surface area contributed by atoms with Gasteiger partial charge < -0.3 is 10.6 Å². The van der Waals surface area contributed by atoms with Crippen molar-refractivity contribution in [2.24, 2.45) is 0 Å². The van der Waals surface area contributed by atoms with E-state index in [0.717, 1.165) is 26.3 Å². The Morgan fingerprint density at radius 2 is 1.88 bits per heavy atom. The van der Waals surface area contributed by atoms with E-state index < -0.39 is 0 Å². The normalized spacial score (nSPS) is 10.7.